The maximum Gasteiger partial charge on any atom is 0.351 e. The van der Waals surface area contributed by atoms with Crippen molar-refractivity contribution < 1.29 is 64.5 Å². The van der Waals surface area contributed by atoms with Crippen LogP contribution in [0, 0.1) is 0 Å². The minimum absolute atomic E-state index is 0.0737. The molecule has 20 nitrogen and oxygen atoms in total. The molecule has 1 aromatic rings. The summed E-state index contributed by atoms with van der Waals surface area (Å²) >= 11 is 0. The second-order valence-corrected chi connectivity index (χ2v) is 9.55. The minimum atomic E-state index is -1.54. The summed E-state index contributed by atoms with van der Waals surface area (Å²) in [5.74, 6) is -6.12. The number of carboxylic acid groups (broad SMARTS) is 4. The number of nitrogens with one attached hydrogen (secondary N) is 1. The summed E-state index contributed by atoms with van der Waals surface area (Å²) in [5.41, 5.74) is -0.973. The van der Waals surface area contributed by atoms with Crippen molar-refractivity contribution in [1.29, 1.82) is 0 Å². The molecule has 0 bridgehead atoms. The number of rotatable bonds is 19. The number of aromatic nitrogens is 2. The van der Waals surface area contributed by atoms with Gasteiger partial charge in [-0.1, -0.05) is 0 Å². The van der Waals surface area contributed by atoms with Crippen LogP contribution < -0.4 is 11.0 Å². The van der Waals surface area contributed by atoms with Gasteiger partial charge in [-0.2, -0.15) is 4.98 Å². The molecule has 0 saturated carbocycles. The summed E-state index contributed by atoms with van der Waals surface area (Å²) in [4.78, 5) is 77.1. The summed E-state index contributed by atoms with van der Waals surface area (Å²) in [6.07, 6.45) is -4.35. The van der Waals surface area contributed by atoms with Crippen molar-refractivity contribution in [3.8, 4) is 0 Å². The fraction of sp³-hybridized carbons (Fsp3) is 0.609. The molecule has 0 aliphatic carbocycles. The van der Waals surface area contributed by atoms with Crippen molar-refractivity contribution in [2.75, 3.05) is 70.8 Å². The first kappa shape index (κ1) is 35.1. The highest BCUT2D eigenvalue weighted by Gasteiger charge is 2.43. The molecule has 240 valence electrons. The van der Waals surface area contributed by atoms with Gasteiger partial charge in [0.2, 0.25) is 5.91 Å². The quantitative estimate of drug-likeness (QED) is 0.0720. The second kappa shape index (κ2) is 16.6. The van der Waals surface area contributed by atoms with E-state index in [9.17, 15) is 54.3 Å². The Balaban J connectivity index is 2.03. The molecule has 0 aromatic carbocycles. The van der Waals surface area contributed by atoms with Gasteiger partial charge in [0.25, 0.3) is 0 Å². The maximum atomic E-state index is 12.6. The van der Waals surface area contributed by atoms with Crippen molar-refractivity contribution in [2.24, 2.45) is 0 Å². The lowest BCUT2D eigenvalue weighted by Gasteiger charge is -2.27. The number of carbonyl (C=O) groups excluding carboxylic acids is 1. The lowest BCUT2D eigenvalue weighted by molar-refractivity contribution is -0.143. The molecule has 43 heavy (non-hydrogen) atoms. The van der Waals surface area contributed by atoms with Crippen molar-refractivity contribution >= 4 is 35.6 Å². The van der Waals surface area contributed by atoms with Crippen LogP contribution in [0.15, 0.2) is 17.1 Å². The first-order chi connectivity index (χ1) is 20.2. The van der Waals surface area contributed by atoms with Gasteiger partial charge >= 0.3 is 29.6 Å². The fourth-order valence-electron chi connectivity index (χ4n) is 4.20. The number of carbonyl (C=O) groups is 5. The highest BCUT2D eigenvalue weighted by atomic mass is 16.6. The van der Waals surface area contributed by atoms with Crippen LogP contribution in [0.3, 0.4) is 0 Å². The van der Waals surface area contributed by atoms with E-state index < -0.39 is 99.3 Å². The number of aliphatic hydroxyl groups is 3. The third-order valence-corrected chi connectivity index (χ3v) is 6.16. The SMILES string of the molecule is O=C(O)CN(CCN(CC(=O)O)CC(=O)O)CCN(CC(=O)O)CC(=O)Nc1ccn([C@H]2O[C@H](CO)[C@@H](O)[C@H]2O)c(=O)n1. The summed E-state index contributed by atoms with van der Waals surface area (Å²) in [6, 6.07) is 1.18. The van der Waals surface area contributed by atoms with Crippen LogP contribution in [0.4, 0.5) is 5.82 Å². The Morgan fingerprint density at radius 1 is 0.791 bits per heavy atom. The number of hydrogen-bond donors (Lipinski definition) is 8. The normalized spacial score (nSPS) is 20.0. The number of carboxylic acids is 4. The zero-order valence-corrected chi connectivity index (χ0v) is 22.8. The molecule has 1 aromatic heterocycles. The first-order valence-corrected chi connectivity index (χ1v) is 12.8. The van der Waals surface area contributed by atoms with E-state index in [2.05, 4.69) is 10.3 Å². The lowest BCUT2D eigenvalue weighted by atomic mass is 10.1. The molecule has 0 radical (unpaired) electrons. The van der Waals surface area contributed by atoms with Crippen molar-refractivity contribution in [2.45, 2.75) is 24.5 Å². The molecule has 2 heterocycles. The van der Waals surface area contributed by atoms with Crippen LogP contribution in [0.2, 0.25) is 0 Å². The third kappa shape index (κ3) is 11.6. The van der Waals surface area contributed by atoms with E-state index in [1.54, 1.807) is 0 Å². The predicted molar refractivity (Wildman–Crippen MR) is 140 cm³/mol. The molecule has 20 heteroatoms. The Morgan fingerprint density at radius 3 is 1.70 bits per heavy atom. The van der Waals surface area contributed by atoms with Crippen LogP contribution in [0.5, 0.6) is 0 Å². The van der Waals surface area contributed by atoms with E-state index in [0.29, 0.717) is 0 Å². The molecule has 8 N–H and O–H groups in total. The first-order valence-electron chi connectivity index (χ1n) is 12.8. The number of hydrogen-bond acceptors (Lipinski definition) is 14. The van der Waals surface area contributed by atoms with Gasteiger partial charge < -0.3 is 45.8 Å². The minimum Gasteiger partial charge on any atom is -0.480 e. The molecule has 1 aliphatic rings. The number of ether oxygens (including phenoxy) is 1. The topological polar surface area (TPSA) is 293 Å². The van der Waals surface area contributed by atoms with Gasteiger partial charge in [-0.25, -0.2) is 4.79 Å². The monoisotopic (exact) mass is 618 g/mol. The lowest BCUT2D eigenvalue weighted by Crippen LogP contribution is -2.46. The summed E-state index contributed by atoms with van der Waals surface area (Å²) < 4.78 is 6.12. The second-order valence-electron chi connectivity index (χ2n) is 9.55. The van der Waals surface area contributed by atoms with Gasteiger partial charge in [0.1, 0.15) is 24.1 Å². The average Bonchev–Trinajstić information content (AvgIpc) is 3.17. The molecule has 2 rings (SSSR count). The molecular formula is C23H34N6O14. The third-order valence-electron chi connectivity index (χ3n) is 6.16. The van der Waals surface area contributed by atoms with Crippen molar-refractivity contribution in [1.82, 2.24) is 24.3 Å². The zero-order valence-electron chi connectivity index (χ0n) is 22.8. The number of aliphatic hydroxyl groups excluding tert-OH is 3. The van der Waals surface area contributed by atoms with Crippen LogP contribution >= 0.6 is 0 Å². The van der Waals surface area contributed by atoms with E-state index in [1.807, 2.05) is 0 Å². The van der Waals surface area contributed by atoms with Crippen molar-refractivity contribution in [3.63, 3.8) is 0 Å². The molecule has 1 amide bonds. The van der Waals surface area contributed by atoms with E-state index in [4.69, 9.17) is 14.9 Å². The van der Waals surface area contributed by atoms with E-state index in [1.165, 1.54) is 15.9 Å². The Hall–Kier alpha value is -4.05. The Labute approximate surface area is 242 Å². The summed E-state index contributed by atoms with van der Waals surface area (Å²) in [5, 5.41) is 68.0. The molecule has 4 atom stereocenters. The summed E-state index contributed by atoms with van der Waals surface area (Å²) in [7, 11) is 0. The molecule has 0 unspecified atom stereocenters. The Morgan fingerprint density at radius 2 is 1.26 bits per heavy atom. The zero-order chi connectivity index (χ0) is 32.3. The Bertz CT molecular complexity index is 1200. The molecule has 0 spiro atoms. The van der Waals surface area contributed by atoms with Gasteiger partial charge in [-0.05, 0) is 6.07 Å². The van der Waals surface area contributed by atoms with Gasteiger partial charge in [0.05, 0.1) is 39.3 Å². The van der Waals surface area contributed by atoms with E-state index in [0.717, 1.165) is 15.7 Å². The molecule has 1 saturated heterocycles. The van der Waals surface area contributed by atoms with Crippen molar-refractivity contribution in [3.05, 3.63) is 22.7 Å². The molecular weight excluding hydrogens is 584 g/mol. The Kier molecular flexibility index (Phi) is 13.5. The van der Waals surface area contributed by atoms with Crippen LogP contribution in [-0.2, 0) is 28.7 Å². The van der Waals surface area contributed by atoms with Crippen LogP contribution in [0.1, 0.15) is 6.23 Å². The highest BCUT2D eigenvalue weighted by Crippen LogP contribution is 2.28. The fourth-order valence-corrected chi connectivity index (χ4v) is 4.20. The van der Waals surface area contributed by atoms with E-state index in [-0.39, 0.29) is 32.0 Å². The number of nitrogens with zero attached hydrogens (tertiary/aromatic N) is 5. The van der Waals surface area contributed by atoms with Gasteiger partial charge in [0, 0.05) is 32.4 Å². The van der Waals surface area contributed by atoms with E-state index >= 15 is 0 Å². The average molecular weight is 619 g/mol. The van der Waals surface area contributed by atoms with Crippen LogP contribution in [-0.4, -0.2) is 174 Å². The molecule has 1 fully saturated rings. The smallest absolute Gasteiger partial charge is 0.351 e. The number of aliphatic carboxylic acids is 4. The van der Waals surface area contributed by atoms with Crippen LogP contribution in [0.25, 0.3) is 0 Å². The number of amides is 1. The predicted octanol–water partition coefficient (Wildman–Crippen LogP) is -4.96. The summed E-state index contributed by atoms with van der Waals surface area (Å²) in [6.45, 7) is -3.90. The standard InChI is InChI=1S/C23H34N6O14/c30-12-13-20(40)21(41)22(43-13)29-2-1-14(25-23(29)42)24-15(31)7-27(9-17(34)35)5-3-26(8-16(32)33)4-6-28(10-18(36)37)11-19(38)39/h1-2,13,20-22,30,40-41H,3-12H2,(H,32,33)(H,34,35)(H,36,37)(H,38,39)(H,24,25,31,42)/t13-,20-,21-,22+/m1/s1. The largest absolute Gasteiger partial charge is 0.480 e. The van der Waals surface area contributed by atoms with Gasteiger partial charge in [-0.3, -0.25) is 43.2 Å². The number of anilines is 1. The van der Waals surface area contributed by atoms with Gasteiger partial charge in [-0.15, -0.1) is 0 Å². The van der Waals surface area contributed by atoms with Gasteiger partial charge in [0.15, 0.2) is 6.23 Å². The maximum absolute atomic E-state index is 12.6. The highest BCUT2D eigenvalue weighted by molar-refractivity contribution is 5.91. The molecule has 1 aliphatic heterocycles.